The quantitative estimate of drug-likeness (QED) is 0.457. The first-order chi connectivity index (χ1) is 12.7. The number of fused-ring (bicyclic) bond motifs is 1. The van der Waals surface area contributed by atoms with Crippen LogP contribution in [0.4, 0.5) is 5.95 Å². The minimum atomic E-state index is 0.337. The van der Waals surface area contributed by atoms with Crippen molar-refractivity contribution < 1.29 is 9.53 Å². The molecular weight excluding hydrogens is 326 g/mol. The summed E-state index contributed by atoms with van der Waals surface area (Å²) in [6.07, 6.45) is 13.9. The van der Waals surface area contributed by atoms with Gasteiger partial charge in [-0.2, -0.15) is 0 Å². The van der Waals surface area contributed by atoms with Gasteiger partial charge in [-0.15, -0.1) is 0 Å². The Morgan fingerprint density at radius 3 is 2.69 bits per heavy atom. The molecule has 1 aromatic heterocycles. The summed E-state index contributed by atoms with van der Waals surface area (Å²) in [4.78, 5) is 14.2. The fraction of sp³-hybridized carbons (Fsp3) is 0.333. The number of imidazole rings is 1. The number of carbonyl (C=O) groups is 1. The molecule has 2 aromatic rings. The molecule has 1 saturated carbocycles. The van der Waals surface area contributed by atoms with Gasteiger partial charge in [0.05, 0.1) is 11.0 Å². The van der Waals surface area contributed by atoms with E-state index < -0.39 is 0 Å². The van der Waals surface area contributed by atoms with Crippen LogP contribution in [-0.4, -0.2) is 29.7 Å². The molecule has 1 heterocycles. The maximum Gasteiger partial charge on any atom is 0.293 e. The summed E-state index contributed by atoms with van der Waals surface area (Å²) in [7, 11) is 3.99. The van der Waals surface area contributed by atoms with Gasteiger partial charge >= 0.3 is 0 Å². The maximum atomic E-state index is 9.65. The smallest absolute Gasteiger partial charge is 0.293 e. The number of carbonyl (C=O) groups excluding carboxylic acids is 1. The summed E-state index contributed by atoms with van der Waals surface area (Å²) in [5, 5.41) is 3.12. The summed E-state index contributed by atoms with van der Waals surface area (Å²) in [5.74, 6) is 1.71. The predicted molar refractivity (Wildman–Crippen MR) is 107 cm³/mol. The van der Waals surface area contributed by atoms with Gasteiger partial charge in [0.25, 0.3) is 6.47 Å². The fourth-order valence-corrected chi connectivity index (χ4v) is 2.72. The molecule has 0 unspecified atom stereocenters. The van der Waals surface area contributed by atoms with Crippen molar-refractivity contribution in [1.29, 1.82) is 0 Å². The van der Waals surface area contributed by atoms with Crippen molar-refractivity contribution in [2.45, 2.75) is 25.7 Å². The number of ether oxygens (including phenoxy) is 1. The molecule has 0 bridgehead atoms. The minimum absolute atomic E-state index is 0.337. The zero-order valence-corrected chi connectivity index (χ0v) is 15.7. The Hall–Kier alpha value is -2.82. The number of para-hydroxylation sites is 1. The van der Waals surface area contributed by atoms with Crippen LogP contribution in [0, 0.1) is 0 Å². The summed E-state index contributed by atoms with van der Waals surface area (Å²) in [6, 6.07) is 6.44. The average molecular weight is 353 g/mol. The van der Waals surface area contributed by atoms with Gasteiger partial charge in [-0.25, -0.2) is 4.98 Å². The SMILES string of the molecule is CNc1nc2cccc(C3CC3)c2n1C.C\C=C/C=C\C=C\COC=O. The third-order valence-electron chi connectivity index (χ3n) is 4.09. The van der Waals surface area contributed by atoms with E-state index in [4.69, 9.17) is 0 Å². The Morgan fingerprint density at radius 1 is 1.27 bits per heavy atom. The molecule has 5 nitrogen and oxygen atoms in total. The van der Waals surface area contributed by atoms with Crippen LogP contribution in [-0.2, 0) is 16.6 Å². The molecule has 1 aliphatic carbocycles. The highest BCUT2D eigenvalue weighted by molar-refractivity contribution is 5.82. The molecule has 138 valence electrons. The number of anilines is 1. The zero-order chi connectivity index (χ0) is 18.8. The van der Waals surface area contributed by atoms with E-state index >= 15 is 0 Å². The van der Waals surface area contributed by atoms with Crippen LogP contribution in [0.5, 0.6) is 0 Å². The van der Waals surface area contributed by atoms with Crippen molar-refractivity contribution >= 4 is 23.5 Å². The summed E-state index contributed by atoms with van der Waals surface area (Å²) in [5.41, 5.74) is 3.86. The van der Waals surface area contributed by atoms with Crippen molar-refractivity contribution in [3.63, 3.8) is 0 Å². The van der Waals surface area contributed by atoms with E-state index in [2.05, 4.69) is 44.9 Å². The molecule has 0 amide bonds. The number of allylic oxidation sites excluding steroid dienone is 5. The molecule has 26 heavy (non-hydrogen) atoms. The van der Waals surface area contributed by atoms with Gasteiger partial charge in [-0.1, -0.05) is 42.5 Å². The molecular formula is C21H27N3O2. The summed E-state index contributed by atoms with van der Waals surface area (Å²) in [6.45, 7) is 2.72. The average Bonchev–Trinajstić information content (AvgIpc) is 3.45. The molecule has 1 aromatic carbocycles. The topological polar surface area (TPSA) is 56.1 Å². The molecule has 0 radical (unpaired) electrons. The first kappa shape index (κ1) is 19.5. The molecule has 0 atom stereocenters. The number of benzene rings is 1. The van der Waals surface area contributed by atoms with Gasteiger partial charge in [0.15, 0.2) is 0 Å². The zero-order valence-electron chi connectivity index (χ0n) is 15.7. The van der Waals surface area contributed by atoms with E-state index in [0.717, 1.165) is 17.4 Å². The van der Waals surface area contributed by atoms with Crippen molar-refractivity contribution in [1.82, 2.24) is 9.55 Å². The second-order valence-electron chi connectivity index (χ2n) is 6.00. The van der Waals surface area contributed by atoms with E-state index in [1.165, 1.54) is 23.9 Å². The highest BCUT2D eigenvalue weighted by Crippen LogP contribution is 2.43. The Kier molecular flexibility index (Phi) is 7.68. The number of aryl methyl sites for hydroxylation is 1. The van der Waals surface area contributed by atoms with E-state index in [0.29, 0.717) is 13.1 Å². The highest BCUT2D eigenvalue weighted by Gasteiger charge is 2.26. The van der Waals surface area contributed by atoms with E-state index in [-0.39, 0.29) is 0 Å². The molecule has 1 fully saturated rings. The van der Waals surface area contributed by atoms with Crippen LogP contribution in [0.15, 0.2) is 54.7 Å². The van der Waals surface area contributed by atoms with Gasteiger partial charge in [0.1, 0.15) is 6.61 Å². The molecule has 1 N–H and O–H groups in total. The maximum absolute atomic E-state index is 9.65. The molecule has 0 saturated heterocycles. The van der Waals surface area contributed by atoms with Gasteiger partial charge in [-0.05, 0) is 43.4 Å². The predicted octanol–water partition coefficient (Wildman–Crippen LogP) is 4.34. The lowest BCUT2D eigenvalue weighted by Gasteiger charge is -2.04. The fourth-order valence-electron chi connectivity index (χ4n) is 2.72. The molecule has 3 rings (SSSR count). The van der Waals surface area contributed by atoms with Gasteiger partial charge < -0.3 is 14.6 Å². The van der Waals surface area contributed by atoms with Crippen molar-refractivity contribution in [2.75, 3.05) is 19.0 Å². The van der Waals surface area contributed by atoms with Crippen LogP contribution >= 0.6 is 0 Å². The first-order valence-electron chi connectivity index (χ1n) is 8.85. The molecule has 5 heteroatoms. The van der Waals surface area contributed by atoms with E-state index in [9.17, 15) is 4.79 Å². The number of nitrogens with zero attached hydrogens (tertiary/aromatic N) is 2. The van der Waals surface area contributed by atoms with Crippen LogP contribution in [0.2, 0.25) is 0 Å². The lowest BCUT2D eigenvalue weighted by Crippen LogP contribution is -1.98. The van der Waals surface area contributed by atoms with Crippen LogP contribution in [0.25, 0.3) is 11.0 Å². The number of rotatable bonds is 7. The third-order valence-corrected chi connectivity index (χ3v) is 4.09. The van der Waals surface area contributed by atoms with Gasteiger partial charge in [0.2, 0.25) is 5.95 Å². The lowest BCUT2D eigenvalue weighted by atomic mass is 10.1. The number of aromatic nitrogens is 2. The third kappa shape index (κ3) is 5.34. The Morgan fingerprint density at radius 2 is 2.04 bits per heavy atom. The highest BCUT2D eigenvalue weighted by atomic mass is 16.5. The van der Waals surface area contributed by atoms with E-state index in [1.807, 2.05) is 44.4 Å². The van der Waals surface area contributed by atoms with Crippen LogP contribution in [0.3, 0.4) is 0 Å². The number of nitrogens with one attached hydrogen (secondary N) is 1. The van der Waals surface area contributed by atoms with Crippen molar-refractivity contribution in [3.8, 4) is 0 Å². The Bertz CT molecular complexity index is 799. The van der Waals surface area contributed by atoms with Crippen molar-refractivity contribution in [3.05, 3.63) is 60.2 Å². The minimum Gasteiger partial charge on any atom is -0.464 e. The standard InChI is InChI=1S/C12H15N3.C9H12O2/c1-13-12-14-10-5-3-4-9(8-6-7-8)11(10)15(12)2;1-2-3-4-5-6-7-8-11-9-10/h3-5,8H,6-7H2,1-2H3,(H,13,14);2-7,9H,8H2,1H3/b;3-2-,5-4-,7-6+. The van der Waals surface area contributed by atoms with Crippen LogP contribution < -0.4 is 5.32 Å². The number of hydrogen-bond donors (Lipinski definition) is 1. The summed E-state index contributed by atoms with van der Waals surface area (Å²) < 4.78 is 6.58. The molecule has 1 aliphatic rings. The van der Waals surface area contributed by atoms with Crippen LogP contribution in [0.1, 0.15) is 31.2 Å². The second kappa shape index (κ2) is 10.2. The Labute approximate surface area is 155 Å². The van der Waals surface area contributed by atoms with E-state index in [1.54, 1.807) is 6.08 Å². The lowest BCUT2D eigenvalue weighted by molar-refractivity contribution is -0.127. The first-order valence-corrected chi connectivity index (χ1v) is 8.85. The van der Waals surface area contributed by atoms with Gasteiger partial charge in [-0.3, -0.25) is 4.79 Å². The molecule has 0 spiro atoms. The normalized spacial score (nSPS) is 14.1. The second-order valence-corrected chi connectivity index (χ2v) is 6.00. The van der Waals surface area contributed by atoms with Gasteiger partial charge in [0, 0.05) is 14.1 Å². The van der Waals surface area contributed by atoms with Crippen molar-refractivity contribution in [2.24, 2.45) is 7.05 Å². The number of hydrogen-bond acceptors (Lipinski definition) is 4. The molecule has 0 aliphatic heterocycles. The largest absolute Gasteiger partial charge is 0.464 e. The monoisotopic (exact) mass is 353 g/mol. The summed E-state index contributed by atoms with van der Waals surface area (Å²) >= 11 is 0. The Balaban J connectivity index is 0.000000199.